The average Bonchev–Trinajstić information content (AvgIpc) is 3.07. The van der Waals surface area contributed by atoms with Gasteiger partial charge in [-0.15, -0.1) is 0 Å². The van der Waals surface area contributed by atoms with Crippen LogP contribution in [0.5, 0.6) is 0 Å². The molecule has 0 aliphatic carbocycles. The summed E-state index contributed by atoms with van der Waals surface area (Å²) < 4.78 is 24.9. The molecule has 6 atom stereocenters. The zero-order valence-electron chi connectivity index (χ0n) is 31.2. The fourth-order valence-electron chi connectivity index (χ4n) is 6.07. The van der Waals surface area contributed by atoms with E-state index in [1.807, 2.05) is 152 Å². The molecule has 2 aromatic rings. The Morgan fingerprint density at radius 3 is 1.21 bits per heavy atom. The highest BCUT2D eigenvalue weighted by Crippen LogP contribution is 2.32. The van der Waals surface area contributed by atoms with Crippen molar-refractivity contribution in [3.05, 3.63) is 95.5 Å². The Bertz CT molecular complexity index is 1310. The molecule has 0 fully saturated rings. The second kappa shape index (κ2) is 17.0. The van der Waals surface area contributed by atoms with Gasteiger partial charge in [0, 0.05) is 25.9 Å². The van der Waals surface area contributed by atoms with E-state index in [2.05, 4.69) is 0 Å². The molecule has 0 aromatic heterocycles. The summed E-state index contributed by atoms with van der Waals surface area (Å²) in [5.41, 5.74) is 4.28. The van der Waals surface area contributed by atoms with Crippen molar-refractivity contribution in [3.8, 4) is 0 Å². The standard InChI is InChI=1S/2C19H29NO3Si/c2*1-14-12-15(2)19(21)20(4)16(3)18(17-10-8-7-9-11-17)23-24(5,6)22-13-14/h2*7-11,13,15-16,18H,12H2,1-6H3/b2*14-13-/t2*15-,16+,18-/m11/s1. The number of allylic oxidation sites excluding steroid dienone is 2. The van der Waals surface area contributed by atoms with Crippen LogP contribution in [0, 0.1) is 11.8 Å². The number of carbonyl (C=O) groups excluding carboxylic acids is 2. The van der Waals surface area contributed by atoms with Crippen molar-refractivity contribution in [2.24, 2.45) is 11.8 Å². The van der Waals surface area contributed by atoms with Gasteiger partial charge >= 0.3 is 17.1 Å². The molecule has 2 aliphatic heterocycles. The lowest BCUT2D eigenvalue weighted by Crippen LogP contribution is -2.45. The van der Waals surface area contributed by atoms with Crippen molar-refractivity contribution in [2.45, 2.75) is 105 Å². The Kier molecular flexibility index (Phi) is 13.9. The molecule has 0 spiro atoms. The molecule has 2 heterocycles. The van der Waals surface area contributed by atoms with Crippen LogP contribution in [0.4, 0.5) is 0 Å². The smallest absolute Gasteiger partial charge is 0.392 e. The lowest BCUT2D eigenvalue weighted by atomic mass is 9.98. The summed E-state index contributed by atoms with van der Waals surface area (Å²) in [6.07, 6.45) is 4.57. The van der Waals surface area contributed by atoms with Gasteiger partial charge in [0.2, 0.25) is 11.8 Å². The highest BCUT2D eigenvalue weighted by molar-refractivity contribution is 6.65. The number of hydrogen-bond acceptors (Lipinski definition) is 6. The Balaban J connectivity index is 0.000000260. The first-order chi connectivity index (χ1) is 22.4. The van der Waals surface area contributed by atoms with Crippen LogP contribution in [0.25, 0.3) is 0 Å². The minimum absolute atomic E-state index is 0.0726. The fraction of sp³-hybridized carbons (Fsp3) is 0.526. The minimum Gasteiger partial charge on any atom is -0.527 e. The molecule has 0 radical (unpaired) electrons. The lowest BCUT2D eigenvalue weighted by Gasteiger charge is -2.36. The largest absolute Gasteiger partial charge is 0.527 e. The second-order valence-electron chi connectivity index (χ2n) is 14.5. The molecule has 8 nitrogen and oxygen atoms in total. The number of amides is 2. The first-order valence-electron chi connectivity index (χ1n) is 17.1. The van der Waals surface area contributed by atoms with E-state index >= 15 is 0 Å². The van der Waals surface area contributed by atoms with Crippen LogP contribution in [0.3, 0.4) is 0 Å². The normalized spacial score (nSPS) is 30.8. The molecule has 2 aromatic carbocycles. The molecule has 264 valence electrons. The molecule has 0 saturated heterocycles. The zero-order chi connectivity index (χ0) is 35.8. The van der Waals surface area contributed by atoms with Gasteiger partial charge in [-0.2, -0.15) is 0 Å². The van der Waals surface area contributed by atoms with Crippen LogP contribution in [0.2, 0.25) is 26.2 Å². The summed E-state index contributed by atoms with van der Waals surface area (Å²) in [5, 5.41) is 0. The van der Waals surface area contributed by atoms with Gasteiger partial charge in [-0.1, -0.05) is 74.5 Å². The Morgan fingerprint density at radius 2 is 0.896 bits per heavy atom. The topological polar surface area (TPSA) is 77.5 Å². The third kappa shape index (κ3) is 10.9. The molecule has 10 heteroatoms. The van der Waals surface area contributed by atoms with E-state index in [4.69, 9.17) is 17.7 Å². The van der Waals surface area contributed by atoms with Crippen LogP contribution in [0.1, 0.15) is 77.7 Å². The van der Waals surface area contributed by atoms with E-state index in [1.54, 1.807) is 12.5 Å². The number of carbonyl (C=O) groups is 2. The van der Waals surface area contributed by atoms with Crippen LogP contribution in [-0.4, -0.2) is 64.9 Å². The van der Waals surface area contributed by atoms with Crippen LogP contribution in [0.15, 0.2) is 84.3 Å². The molecule has 4 rings (SSSR count). The van der Waals surface area contributed by atoms with Crippen LogP contribution < -0.4 is 0 Å². The van der Waals surface area contributed by atoms with Crippen molar-refractivity contribution < 1.29 is 27.3 Å². The van der Waals surface area contributed by atoms with Gasteiger partial charge < -0.3 is 27.5 Å². The molecule has 48 heavy (non-hydrogen) atoms. The van der Waals surface area contributed by atoms with Crippen molar-refractivity contribution >= 4 is 28.9 Å². The van der Waals surface area contributed by atoms with Gasteiger partial charge in [0.1, 0.15) is 0 Å². The molecular formula is C38H58N2O6Si2. The summed E-state index contributed by atoms with van der Waals surface area (Å²) in [4.78, 5) is 29.2. The maximum Gasteiger partial charge on any atom is 0.392 e. The summed E-state index contributed by atoms with van der Waals surface area (Å²) in [7, 11) is -0.995. The predicted molar refractivity (Wildman–Crippen MR) is 197 cm³/mol. The highest BCUT2D eigenvalue weighted by atomic mass is 28.4. The molecule has 0 saturated carbocycles. The third-order valence-corrected chi connectivity index (χ3v) is 12.1. The molecule has 0 N–H and O–H groups in total. The van der Waals surface area contributed by atoms with Gasteiger partial charge in [0.05, 0.1) is 36.8 Å². The number of likely N-dealkylation sites (N-methyl/N-ethyl adjacent to an activating group) is 2. The maximum absolute atomic E-state index is 12.8. The van der Waals surface area contributed by atoms with E-state index in [0.717, 1.165) is 22.3 Å². The van der Waals surface area contributed by atoms with Gasteiger partial charge in [0.25, 0.3) is 0 Å². The second-order valence-corrected chi connectivity index (χ2v) is 21.0. The number of rotatable bonds is 2. The summed E-state index contributed by atoms with van der Waals surface area (Å²) in [5.74, 6) is 0.135. The third-order valence-electron chi connectivity index (χ3n) is 9.06. The van der Waals surface area contributed by atoms with Crippen molar-refractivity contribution in [1.29, 1.82) is 0 Å². The van der Waals surface area contributed by atoms with Gasteiger partial charge in [0.15, 0.2) is 0 Å². The fourth-order valence-corrected chi connectivity index (χ4v) is 9.04. The SMILES string of the molecule is C/C1=C/O[Si](C)(C)O[C@@H](c2ccccc2)[C@H](C)N(C)C(=O)[C@H](C)C1.C/C1=C/O[Si](C)(C)O[C@@H](c2ccccc2)[C@H](C)N(C)C(=O)[C@H](C)C1. The van der Waals surface area contributed by atoms with Crippen LogP contribution >= 0.6 is 0 Å². The molecule has 2 aliphatic rings. The molecule has 0 unspecified atom stereocenters. The minimum atomic E-state index is -2.37. The van der Waals surface area contributed by atoms with E-state index in [0.29, 0.717) is 12.8 Å². The summed E-state index contributed by atoms with van der Waals surface area (Å²) in [6.45, 7) is 20.2. The summed E-state index contributed by atoms with van der Waals surface area (Å²) >= 11 is 0. The number of benzene rings is 2. The van der Waals surface area contributed by atoms with E-state index in [1.165, 1.54) is 0 Å². The van der Waals surface area contributed by atoms with Gasteiger partial charge in [-0.05, 0) is 89.0 Å². The Morgan fingerprint density at radius 1 is 0.583 bits per heavy atom. The van der Waals surface area contributed by atoms with Crippen LogP contribution in [-0.2, 0) is 27.3 Å². The maximum atomic E-state index is 12.8. The van der Waals surface area contributed by atoms with Crippen molar-refractivity contribution in [2.75, 3.05) is 14.1 Å². The molecular weight excluding hydrogens is 637 g/mol. The first kappa shape index (κ1) is 39.3. The van der Waals surface area contributed by atoms with E-state index in [-0.39, 0.29) is 47.9 Å². The van der Waals surface area contributed by atoms with E-state index in [9.17, 15) is 9.59 Å². The Hall–Kier alpha value is -3.19. The van der Waals surface area contributed by atoms with E-state index < -0.39 is 17.1 Å². The lowest BCUT2D eigenvalue weighted by molar-refractivity contribution is -0.138. The number of nitrogens with zero attached hydrogens (tertiary/aromatic N) is 2. The van der Waals surface area contributed by atoms with Crippen molar-refractivity contribution in [3.63, 3.8) is 0 Å². The molecule has 2 amide bonds. The van der Waals surface area contributed by atoms with Gasteiger partial charge in [-0.25, -0.2) is 0 Å². The highest BCUT2D eigenvalue weighted by Gasteiger charge is 2.38. The first-order valence-corrected chi connectivity index (χ1v) is 22.7. The zero-order valence-corrected chi connectivity index (χ0v) is 33.2. The quantitative estimate of drug-likeness (QED) is 0.294. The van der Waals surface area contributed by atoms with Crippen molar-refractivity contribution in [1.82, 2.24) is 9.80 Å². The Labute approximate surface area is 291 Å². The number of hydrogen-bond donors (Lipinski definition) is 0. The summed E-state index contributed by atoms with van der Waals surface area (Å²) in [6, 6.07) is 20.0. The molecule has 0 bridgehead atoms. The predicted octanol–water partition coefficient (Wildman–Crippen LogP) is 8.51. The van der Waals surface area contributed by atoms with Gasteiger partial charge in [-0.3, -0.25) is 9.59 Å². The average molecular weight is 695 g/mol. The monoisotopic (exact) mass is 694 g/mol.